The van der Waals surface area contributed by atoms with Gasteiger partial charge in [0.25, 0.3) is 0 Å². The van der Waals surface area contributed by atoms with Crippen LogP contribution < -0.4 is 5.73 Å². The molecule has 2 atom stereocenters. The maximum Gasteiger partial charge on any atom is 0.472 e. The lowest BCUT2D eigenvalue weighted by Gasteiger charge is -2.20. The van der Waals surface area contributed by atoms with Gasteiger partial charge in [-0.15, -0.1) is 0 Å². The predicted molar refractivity (Wildman–Crippen MR) is 229 cm³/mol. The highest BCUT2D eigenvalue weighted by molar-refractivity contribution is 7.47. The number of carbonyl (C=O) groups excluding carboxylic acids is 1. The van der Waals surface area contributed by atoms with Crippen molar-refractivity contribution < 1.29 is 32.8 Å². The number of ether oxygens (including phenoxy) is 2. The van der Waals surface area contributed by atoms with Crippen LogP contribution in [0.5, 0.6) is 0 Å². The predicted octanol–water partition coefficient (Wildman–Crippen LogP) is 13.2. The summed E-state index contributed by atoms with van der Waals surface area (Å²) in [5.74, 6) is -0.334. The first kappa shape index (κ1) is 52.5. The molecule has 0 amide bonds. The van der Waals surface area contributed by atoms with Crippen LogP contribution in [0.15, 0.2) is 48.6 Å². The number of rotatable bonds is 42. The maximum atomic E-state index is 12.5. The van der Waals surface area contributed by atoms with Gasteiger partial charge in [-0.3, -0.25) is 13.8 Å². The second kappa shape index (κ2) is 42.6. The summed E-state index contributed by atoms with van der Waals surface area (Å²) < 4.78 is 33.3. The van der Waals surface area contributed by atoms with Crippen LogP contribution in [0.1, 0.15) is 194 Å². The Labute approximate surface area is 332 Å². The van der Waals surface area contributed by atoms with E-state index >= 15 is 0 Å². The van der Waals surface area contributed by atoms with Crippen LogP contribution >= 0.6 is 7.82 Å². The van der Waals surface area contributed by atoms with Crippen molar-refractivity contribution >= 4 is 13.8 Å². The second-order valence-electron chi connectivity index (χ2n) is 14.5. The molecule has 0 heterocycles. The first-order chi connectivity index (χ1) is 26.4. The fourth-order valence-corrected chi connectivity index (χ4v) is 6.81. The molecule has 0 aromatic carbocycles. The van der Waals surface area contributed by atoms with Crippen LogP contribution in [-0.2, 0) is 27.9 Å². The van der Waals surface area contributed by atoms with Gasteiger partial charge in [0.15, 0.2) is 0 Å². The van der Waals surface area contributed by atoms with Crippen molar-refractivity contribution in [2.24, 2.45) is 5.73 Å². The summed E-state index contributed by atoms with van der Waals surface area (Å²) in [7, 11) is -4.27. The van der Waals surface area contributed by atoms with Crippen molar-refractivity contribution in [1.29, 1.82) is 0 Å². The quantitative estimate of drug-likeness (QED) is 0.0272. The zero-order valence-electron chi connectivity index (χ0n) is 35.0. The van der Waals surface area contributed by atoms with E-state index in [0.29, 0.717) is 13.0 Å². The van der Waals surface area contributed by atoms with Gasteiger partial charge in [-0.25, -0.2) is 4.57 Å². The molecule has 0 spiro atoms. The lowest BCUT2D eigenvalue weighted by atomic mass is 10.0. The number of phosphoric acid groups is 1. The topological polar surface area (TPSA) is 117 Å². The van der Waals surface area contributed by atoms with E-state index in [4.69, 9.17) is 24.3 Å². The van der Waals surface area contributed by atoms with Gasteiger partial charge in [0.1, 0.15) is 6.10 Å². The Balaban J connectivity index is 3.85. The second-order valence-corrected chi connectivity index (χ2v) is 16.0. The molecule has 8 nitrogen and oxygen atoms in total. The minimum atomic E-state index is -4.27. The van der Waals surface area contributed by atoms with Gasteiger partial charge in [0.2, 0.25) is 0 Å². The van der Waals surface area contributed by atoms with Crippen molar-refractivity contribution in [1.82, 2.24) is 0 Å². The summed E-state index contributed by atoms with van der Waals surface area (Å²) >= 11 is 0. The highest BCUT2D eigenvalue weighted by Crippen LogP contribution is 2.43. The first-order valence-corrected chi connectivity index (χ1v) is 23.6. The van der Waals surface area contributed by atoms with Crippen LogP contribution in [0.4, 0.5) is 0 Å². The fourth-order valence-electron chi connectivity index (χ4n) is 6.05. The largest absolute Gasteiger partial charge is 0.472 e. The Morgan fingerprint density at radius 1 is 0.574 bits per heavy atom. The molecule has 9 heteroatoms. The lowest BCUT2D eigenvalue weighted by Crippen LogP contribution is -2.28. The molecular weight excluding hydrogens is 697 g/mol. The summed E-state index contributed by atoms with van der Waals surface area (Å²) in [4.78, 5) is 22.4. The normalized spacial score (nSPS) is 13.9. The zero-order valence-corrected chi connectivity index (χ0v) is 35.8. The minimum absolute atomic E-state index is 0.0953. The van der Waals surface area contributed by atoms with E-state index in [1.807, 2.05) is 0 Å². The average Bonchev–Trinajstić information content (AvgIpc) is 3.16. The summed E-state index contributed by atoms with van der Waals surface area (Å²) in [6.45, 7) is 4.79. The number of hydrogen-bond acceptors (Lipinski definition) is 7. The van der Waals surface area contributed by atoms with Gasteiger partial charge in [0.05, 0.1) is 19.8 Å². The van der Waals surface area contributed by atoms with E-state index in [0.717, 1.165) is 57.8 Å². The Morgan fingerprint density at radius 3 is 1.56 bits per heavy atom. The molecule has 0 saturated heterocycles. The van der Waals surface area contributed by atoms with Crippen LogP contribution in [0.3, 0.4) is 0 Å². The van der Waals surface area contributed by atoms with Gasteiger partial charge in [-0.2, -0.15) is 0 Å². The Hall–Kier alpha value is -1.54. The van der Waals surface area contributed by atoms with Crippen LogP contribution in [0, 0.1) is 0 Å². The summed E-state index contributed by atoms with van der Waals surface area (Å²) in [5, 5.41) is 0. The number of hydrogen-bond donors (Lipinski definition) is 2. The third kappa shape index (κ3) is 41.6. The third-order valence-corrected chi connectivity index (χ3v) is 10.2. The molecule has 0 aromatic heterocycles. The van der Waals surface area contributed by atoms with Crippen LogP contribution in [0.25, 0.3) is 0 Å². The molecule has 0 bridgehead atoms. The molecule has 316 valence electrons. The molecule has 0 saturated carbocycles. The molecule has 3 N–H and O–H groups in total. The van der Waals surface area contributed by atoms with Crippen molar-refractivity contribution in [3.05, 3.63) is 48.6 Å². The Morgan fingerprint density at radius 2 is 1.04 bits per heavy atom. The molecule has 0 aromatic rings. The monoisotopic (exact) mass is 782 g/mol. The summed E-state index contributed by atoms with van der Waals surface area (Å²) in [6.07, 6.45) is 50.0. The van der Waals surface area contributed by atoms with Crippen molar-refractivity contribution in [3.63, 3.8) is 0 Å². The standard InChI is InChI=1S/C45H84NO7P/c1-3-5-7-9-11-13-14-15-16-17-18-19-20-21-22-23-24-25-26-27-28-29-31-33-35-37-40-50-42-44(43-52-54(48,49)51-41-39-46)53-45(47)38-36-34-32-30-12-10-8-6-4-2/h5,7,11,13,15-16,18-19,44H,3-4,6,8-10,12,14,17,20-43,46H2,1-2H3,(H,48,49)/b7-5-,13-11-,16-15-,19-18-. The number of allylic oxidation sites excluding steroid dienone is 8. The SMILES string of the molecule is CC/C=C\C/C=C\C/C=C\C/C=C\CCCCCCCCCCCCCCCOCC(COP(=O)(O)OCCN)OC(=O)CCCCCCCCCCC. The maximum absolute atomic E-state index is 12.5. The average molecular weight is 782 g/mol. The summed E-state index contributed by atoms with van der Waals surface area (Å²) in [6, 6.07) is 0. The number of nitrogens with two attached hydrogens (primary N) is 1. The number of esters is 1. The van der Waals surface area contributed by atoms with Crippen molar-refractivity contribution in [2.45, 2.75) is 200 Å². The number of phosphoric ester groups is 1. The van der Waals surface area contributed by atoms with Gasteiger partial charge in [-0.1, -0.05) is 184 Å². The molecule has 2 unspecified atom stereocenters. The molecule has 0 aliphatic rings. The molecule has 54 heavy (non-hydrogen) atoms. The first-order valence-electron chi connectivity index (χ1n) is 22.1. The van der Waals surface area contributed by atoms with Gasteiger partial charge in [0, 0.05) is 19.6 Å². The van der Waals surface area contributed by atoms with E-state index in [1.54, 1.807) is 0 Å². The van der Waals surface area contributed by atoms with Crippen molar-refractivity contribution in [2.75, 3.05) is 33.0 Å². The fraction of sp³-hybridized carbons (Fsp3) is 0.800. The van der Waals surface area contributed by atoms with E-state index in [1.165, 1.54) is 116 Å². The van der Waals surface area contributed by atoms with Crippen LogP contribution in [0.2, 0.25) is 0 Å². The van der Waals surface area contributed by atoms with Gasteiger partial charge >= 0.3 is 13.8 Å². The highest BCUT2D eigenvalue weighted by Gasteiger charge is 2.25. The van der Waals surface area contributed by atoms with E-state index in [-0.39, 0.29) is 32.3 Å². The minimum Gasteiger partial charge on any atom is -0.457 e. The molecule has 0 radical (unpaired) electrons. The van der Waals surface area contributed by atoms with Gasteiger partial charge < -0.3 is 20.1 Å². The number of unbranched alkanes of at least 4 members (excludes halogenated alkanes) is 21. The molecule has 0 aliphatic carbocycles. The Kier molecular flexibility index (Phi) is 41.4. The summed E-state index contributed by atoms with van der Waals surface area (Å²) in [5.41, 5.74) is 5.36. The molecule has 0 rings (SSSR count). The number of carbonyl (C=O) groups is 1. The van der Waals surface area contributed by atoms with Gasteiger partial charge in [-0.05, 0) is 51.4 Å². The van der Waals surface area contributed by atoms with E-state index in [2.05, 4.69) is 62.5 Å². The van der Waals surface area contributed by atoms with E-state index in [9.17, 15) is 14.3 Å². The highest BCUT2D eigenvalue weighted by atomic mass is 31.2. The zero-order chi connectivity index (χ0) is 39.5. The van der Waals surface area contributed by atoms with E-state index < -0.39 is 13.9 Å². The molecular formula is C45H84NO7P. The molecule has 0 aliphatic heterocycles. The lowest BCUT2D eigenvalue weighted by molar-refractivity contribution is -0.154. The van der Waals surface area contributed by atoms with Crippen molar-refractivity contribution in [3.8, 4) is 0 Å². The molecule has 0 fully saturated rings. The van der Waals surface area contributed by atoms with Crippen LogP contribution in [-0.4, -0.2) is 49.9 Å². The third-order valence-electron chi connectivity index (χ3n) is 9.26. The smallest absolute Gasteiger partial charge is 0.457 e. The Bertz CT molecular complexity index is 968.